The predicted octanol–water partition coefficient (Wildman–Crippen LogP) is 4.01. The molecule has 134 valence electrons. The van der Waals surface area contributed by atoms with E-state index in [0.717, 1.165) is 22.7 Å². The Morgan fingerprint density at radius 3 is 2.38 bits per heavy atom. The van der Waals surface area contributed by atoms with Crippen molar-refractivity contribution < 1.29 is 14.3 Å². The van der Waals surface area contributed by atoms with E-state index in [9.17, 15) is 4.79 Å². The fourth-order valence-corrected chi connectivity index (χ4v) is 2.89. The Morgan fingerprint density at radius 1 is 1.00 bits per heavy atom. The van der Waals surface area contributed by atoms with Crippen LogP contribution in [0.5, 0.6) is 11.5 Å². The van der Waals surface area contributed by atoms with Crippen LogP contribution in [-0.4, -0.2) is 29.3 Å². The van der Waals surface area contributed by atoms with Gasteiger partial charge in [0.1, 0.15) is 16.5 Å². The van der Waals surface area contributed by atoms with Crippen LogP contribution in [0.4, 0.5) is 5.13 Å². The van der Waals surface area contributed by atoms with Crippen LogP contribution in [0.25, 0.3) is 10.6 Å². The molecule has 0 spiro atoms. The van der Waals surface area contributed by atoms with Crippen molar-refractivity contribution in [3.63, 3.8) is 0 Å². The summed E-state index contributed by atoms with van der Waals surface area (Å²) in [7, 11) is 0. The highest BCUT2D eigenvalue weighted by Crippen LogP contribution is 2.25. The summed E-state index contributed by atoms with van der Waals surface area (Å²) in [6.07, 6.45) is 0.954. The van der Waals surface area contributed by atoms with Gasteiger partial charge in [-0.1, -0.05) is 48.6 Å². The number of ether oxygens (including phenoxy) is 2. The van der Waals surface area contributed by atoms with E-state index < -0.39 is 0 Å². The van der Waals surface area contributed by atoms with E-state index in [1.165, 1.54) is 11.3 Å². The molecule has 3 rings (SSSR count). The zero-order chi connectivity index (χ0) is 18.2. The summed E-state index contributed by atoms with van der Waals surface area (Å²) in [6, 6.07) is 16.9. The molecule has 0 bridgehead atoms. The number of rotatable bonds is 8. The summed E-state index contributed by atoms with van der Waals surface area (Å²) >= 11 is 1.32. The van der Waals surface area contributed by atoms with Crippen molar-refractivity contribution in [2.75, 3.05) is 18.5 Å². The molecule has 0 aliphatic rings. The van der Waals surface area contributed by atoms with E-state index in [-0.39, 0.29) is 12.5 Å². The number of carbonyl (C=O) groups is 1. The number of nitrogens with zero attached hydrogens (tertiary/aromatic N) is 2. The molecule has 0 fully saturated rings. The molecule has 2 aromatic carbocycles. The highest BCUT2D eigenvalue weighted by molar-refractivity contribution is 7.18. The van der Waals surface area contributed by atoms with Crippen LogP contribution in [-0.2, 0) is 4.79 Å². The third kappa shape index (κ3) is 5.03. The lowest BCUT2D eigenvalue weighted by Crippen LogP contribution is -2.20. The summed E-state index contributed by atoms with van der Waals surface area (Å²) in [5.74, 6) is 1.10. The van der Waals surface area contributed by atoms with E-state index >= 15 is 0 Å². The second kappa shape index (κ2) is 8.96. The SMILES string of the molecule is CCCOc1ccc(OCC(=O)Nc2nnc(-c3ccccc3)s2)cc1. The lowest BCUT2D eigenvalue weighted by atomic mass is 10.2. The molecule has 1 N–H and O–H groups in total. The molecule has 0 atom stereocenters. The standard InChI is InChI=1S/C19H19N3O3S/c1-2-12-24-15-8-10-16(11-9-15)25-13-17(23)20-19-22-21-18(26-19)14-6-4-3-5-7-14/h3-11H,2,12-13H2,1H3,(H,20,22,23). The fourth-order valence-electron chi connectivity index (χ4n) is 2.13. The Hall–Kier alpha value is -2.93. The number of carbonyl (C=O) groups excluding carboxylic acids is 1. The molecule has 0 aliphatic heterocycles. The second-order valence-corrected chi connectivity index (χ2v) is 6.41. The molecule has 0 aliphatic carbocycles. The first-order valence-corrected chi connectivity index (χ1v) is 9.10. The van der Waals surface area contributed by atoms with E-state index in [1.54, 1.807) is 12.1 Å². The summed E-state index contributed by atoms with van der Waals surface area (Å²) < 4.78 is 11.0. The first kappa shape index (κ1) is 17.9. The van der Waals surface area contributed by atoms with E-state index in [4.69, 9.17) is 9.47 Å². The summed E-state index contributed by atoms with van der Waals surface area (Å²) in [5.41, 5.74) is 0.965. The maximum atomic E-state index is 12.0. The van der Waals surface area contributed by atoms with Gasteiger partial charge in [0.05, 0.1) is 6.61 Å². The van der Waals surface area contributed by atoms with Crippen molar-refractivity contribution in [1.29, 1.82) is 0 Å². The number of hydrogen-bond donors (Lipinski definition) is 1. The van der Waals surface area contributed by atoms with Gasteiger partial charge in [-0.15, -0.1) is 10.2 Å². The molecular weight excluding hydrogens is 350 g/mol. The number of aromatic nitrogens is 2. The van der Waals surface area contributed by atoms with Crippen LogP contribution in [0.3, 0.4) is 0 Å². The minimum atomic E-state index is -0.285. The highest BCUT2D eigenvalue weighted by Gasteiger charge is 2.10. The number of anilines is 1. The van der Waals surface area contributed by atoms with E-state index in [2.05, 4.69) is 22.4 Å². The number of amides is 1. The Kier molecular flexibility index (Phi) is 6.16. The van der Waals surface area contributed by atoms with E-state index in [1.807, 2.05) is 42.5 Å². The Morgan fingerprint density at radius 2 is 1.69 bits per heavy atom. The lowest BCUT2D eigenvalue weighted by molar-refractivity contribution is -0.118. The average Bonchev–Trinajstić information content (AvgIpc) is 3.14. The first-order chi connectivity index (χ1) is 12.7. The van der Waals surface area contributed by atoms with Gasteiger partial charge in [-0.05, 0) is 30.7 Å². The van der Waals surface area contributed by atoms with Gasteiger partial charge in [0, 0.05) is 5.56 Å². The summed E-state index contributed by atoms with van der Waals surface area (Å²) in [5, 5.41) is 12.0. The predicted molar refractivity (Wildman–Crippen MR) is 102 cm³/mol. The molecule has 0 unspecified atom stereocenters. The monoisotopic (exact) mass is 369 g/mol. The van der Waals surface area contributed by atoms with Crippen LogP contribution in [0, 0.1) is 0 Å². The molecule has 6 nitrogen and oxygen atoms in total. The lowest BCUT2D eigenvalue weighted by Gasteiger charge is -2.07. The van der Waals surface area contributed by atoms with Gasteiger partial charge in [0.2, 0.25) is 5.13 Å². The van der Waals surface area contributed by atoms with Crippen LogP contribution in [0.15, 0.2) is 54.6 Å². The summed E-state index contributed by atoms with van der Waals surface area (Å²) in [4.78, 5) is 12.0. The zero-order valence-corrected chi connectivity index (χ0v) is 15.2. The topological polar surface area (TPSA) is 73.3 Å². The van der Waals surface area contributed by atoms with E-state index in [0.29, 0.717) is 17.5 Å². The first-order valence-electron chi connectivity index (χ1n) is 8.29. The Bertz CT molecular complexity index is 835. The van der Waals surface area contributed by atoms with Crippen molar-refractivity contribution >= 4 is 22.4 Å². The van der Waals surface area contributed by atoms with Gasteiger partial charge in [-0.2, -0.15) is 0 Å². The molecule has 26 heavy (non-hydrogen) atoms. The van der Waals surface area contributed by atoms with Crippen molar-refractivity contribution in [2.45, 2.75) is 13.3 Å². The van der Waals surface area contributed by atoms with Gasteiger partial charge in [0.25, 0.3) is 5.91 Å². The maximum Gasteiger partial charge on any atom is 0.264 e. The minimum Gasteiger partial charge on any atom is -0.494 e. The van der Waals surface area contributed by atoms with Crippen LogP contribution >= 0.6 is 11.3 Å². The van der Waals surface area contributed by atoms with Crippen LogP contribution in [0.2, 0.25) is 0 Å². The number of benzene rings is 2. The Labute approximate surface area is 155 Å². The third-order valence-corrected chi connectivity index (χ3v) is 4.25. The molecule has 1 aromatic heterocycles. The van der Waals surface area contributed by atoms with Gasteiger partial charge in [-0.3, -0.25) is 10.1 Å². The third-order valence-electron chi connectivity index (χ3n) is 3.36. The summed E-state index contributed by atoms with van der Waals surface area (Å²) in [6.45, 7) is 2.63. The molecule has 3 aromatic rings. The largest absolute Gasteiger partial charge is 0.494 e. The molecule has 7 heteroatoms. The number of nitrogens with one attached hydrogen (secondary N) is 1. The average molecular weight is 369 g/mol. The van der Waals surface area contributed by atoms with Crippen LogP contribution < -0.4 is 14.8 Å². The molecule has 0 saturated carbocycles. The minimum absolute atomic E-state index is 0.102. The van der Waals surface area contributed by atoms with Gasteiger partial charge in [0.15, 0.2) is 6.61 Å². The Balaban J connectivity index is 1.49. The quantitative estimate of drug-likeness (QED) is 0.649. The highest BCUT2D eigenvalue weighted by atomic mass is 32.1. The maximum absolute atomic E-state index is 12.0. The smallest absolute Gasteiger partial charge is 0.264 e. The number of hydrogen-bond acceptors (Lipinski definition) is 6. The van der Waals surface area contributed by atoms with Crippen molar-refractivity contribution in [3.8, 4) is 22.1 Å². The molecule has 0 radical (unpaired) electrons. The van der Waals surface area contributed by atoms with Gasteiger partial charge < -0.3 is 9.47 Å². The fraction of sp³-hybridized carbons (Fsp3) is 0.211. The molecule has 1 amide bonds. The van der Waals surface area contributed by atoms with Gasteiger partial charge >= 0.3 is 0 Å². The molecular formula is C19H19N3O3S. The van der Waals surface area contributed by atoms with Crippen molar-refractivity contribution in [2.24, 2.45) is 0 Å². The normalized spacial score (nSPS) is 10.3. The second-order valence-electron chi connectivity index (χ2n) is 5.44. The molecule has 1 heterocycles. The zero-order valence-electron chi connectivity index (χ0n) is 14.3. The molecule has 0 saturated heterocycles. The van der Waals surface area contributed by atoms with Crippen LogP contribution in [0.1, 0.15) is 13.3 Å². The van der Waals surface area contributed by atoms with Crippen molar-refractivity contribution in [1.82, 2.24) is 10.2 Å². The van der Waals surface area contributed by atoms with Crippen molar-refractivity contribution in [3.05, 3.63) is 54.6 Å². The van der Waals surface area contributed by atoms with Gasteiger partial charge in [-0.25, -0.2) is 0 Å².